The van der Waals surface area contributed by atoms with Gasteiger partial charge in [0.2, 0.25) is 0 Å². The van der Waals surface area contributed by atoms with Crippen LogP contribution in [0.3, 0.4) is 0 Å². The summed E-state index contributed by atoms with van der Waals surface area (Å²) in [5, 5.41) is 8.71. The molecule has 0 heterocycles. The number of benzene rings is 1. The molecule has 16 heavy (non-hydrogen) atoms. The van der Waals surface area contributed by atoms with Crippen LogP contribution in [0.5, 0.6) is 5.75 Å². The normalized spacial score (nSPS) is 11.3. The second kappa shape index (κ2) is 4.03. The Morgan fingerprint density at radius 1 is 1.38 bits per heavy atom. The van der Waals surface area contributed by atoms with Crippen LogP contribution in [0.2, 0.25) is 0 Å². The molecule has 1 N–H and O–H groups in total. The van der Waals surface area contributed by atoms with Crippen LogP contribution >= 0.6 is 0 Å². The predicted molar refractivity (Wildman–Crippen MR) is 49.7 cm³/mol. The average Bonchev–Trinajstić information content (AvgIpc) is 2.14. The fraction of sp³-hybridized carbons (Fsp3) is 0.300. The standard InChI is InChI=1S/C10H9F3O3/c1-5-6(9(14)15)3-4-7(16-2)8(5)10(11,12)13/h3-4H,1-2H3,(H,14,15). The van der Waals surface area contributed by atoms with Crippen molar-refractivity contribution in [1.82, 2.24) is 0 Å². The third-order valence-electron chi connectivity index (χ3n) is 2.16. The van der Waals surface area contributed by atoms with E-state index in [-0.39, 0.29) is 16.9 Å². The van der Waals surface area contributed by atoms with Gasteiger partial charge in [0.15, 0.2) is 0 Å². The number of carbonyl (C=O) groups is 1. The van der Waals surface area contributed by atoms with Crippen molar-refractivity contribution in [2.45, 2.75) is 13.1 Å². The lowest BCUT2D eigenvalue weighted by Crippen LogP contribution is -2.13. The summed E-state index contributed by atoms with van der Waals surface area (Å²) in [5.74, 6) is -1.78. The number of hydrogen-bond donors (Lipinski definition) is 1. The van der Waals surface area contributed by atoms with Gasteiger partial charge < -0.3 is 9.84 Å². The quantitative estimate of drug-likeness (QED) is 0.855. The second-order valence-electron chi connectivity index (χ2n) is 3.12. The van der Waals surface area contributed by atoms with Crippen LogP contribution in [0.25, 0.3) is 0 Å². The fourth-order valence-corrected chi connectivity index (χ4v) is 1.44. The Balaban J connectivity index is 3.53. The molecule has 0 unspecified atom stereocenters. The molecule has 6 heteroatoms. The van der Waals surface area contributed by atoms with E-state index < -0.39 is 17.7 Å². The summed E-state index contributed by atoms with van der Waals surface area (Å²) >= 11 is 0. The molecule has 1 aromatic rings. The van der Waals surface area contributed by atoms with Gasteiger partial charge in [-0.2, -0.15) is 13.2 Å². The van der Waals surface area contributed by atoms with Crippen LogP contribution in [-0.2, 0) is 6.18 Å². The van der Waals surface area contributed by atoms with Crippen LogP contribution in [0, 0.1) is 6.92 Å². The van der Waals surface area contributed by atoms with Crippen LogP contribution in [0.1, 0.15) is 21.5 Å². The summed E-state index contributed by atoms with van der Waals surface area (Å²) < 4.78 is 42.6. The minimum Gasteiger partial charge on any atom is -0.496 e. The molecule has 0 saturated carbocycles. The van der Waals surface area contributed by atoms with Gasteiger partial charge in [-0.1, -0.05) is 0 Å². The van der Waals surface area contributed by atoms with Crippen LogP contribution in [0.15, 0.2) is 12.1 Å². The maximum absolute atomic E-state index is 12.7. The van der Waals surface area contributed by atoms with Gasteiger partial charge in [-0.25, -0.2) is 4.79 Å². The average molecular weight is 234 g/mol. The Morgan fingerprint density at radius 3 is 2.31 bits per heavy atom. The van der Waals surface area contributed by atoms with Gasteiger partial charge in [0, 0.05) is 0 Å². The molecule has 88 valence electrons. The highest BCUT2D eigenvalue weighted by Gasteiger charge is 2.37. The van der Waals surface area contributed by atoms with Gasteiger partial charge >= 0.3 is 12.1 Å². The first-order valence-electron chi connectivity index (χ1n) is 4.27. The molecule has 1 rings (SSSR count). The lowest BCUT2D eigenvalue weighted by Gasteiger charge is -2.15. The van der Waals surface area contributed by atoms with Gasteiger partial charge in [-0.15, -0.1) is 0 Å². The maximum atomic E-state index is 12.7. The molecule has 0 bridgehead atoms. The highest BCUT2D eigenvalue weighted by atomic mass is 19.4. The SMILES string of the molecule is COc1ccc(C(=O)O)c(C)c1C(F)(F)F. The molecular weight excluding hydrogens is 225 g/mol. The van der Waals surface area contributed by atoms with Crippen LogP contribution in [-0.4, -0.2) is 18.2 Å². The lowest BCUT2D eigenvalue weighted by molar-refractivity contribution is -0.139. The first kappa shape index (κ1) is 12.4. The smallest absolute Gasteiger partial charge is 0.420 e. The minimum atomic E-state index is -4.64. The van der Waals surface area contributed by atoms with E-state index in [9.17, 15) is 18.0 Å². The zero-order valence-corrected chi connectivity index (χ0v) is 8.55. The van der Waals surface area contributed by atoms with Crippen molar-refractivity contribution in [2.24, 2.45) is 0 Å². The number of alkyl halides is 3. The largest absolute Gasteiger partial charge is 0.496 e. The molecular formula is C10H9F3O3. The summed E-state index contributed by atoms with van der Waals surface area (Å²) in [4.78, 5) is 10.7. The monoisotopic (exact) mass is 234 g/mol. The number of methoxy groups -OCH3 is 1. The zero-order valence-electron chi connectivity index (χ0n) is 8.55. The Labute approximate surface area is 89.5 Å². The number of carboxylic acid groups (broad SMARTS) is 1. The Hall–Kier alpha value is -1.72. The lowest BCUT2D eigenvalue weighted by atomic mass is 10.0. The van der Waals surface area contributed by atoms with Gasteiger partial charge in [0.1, 0.15) is 11.3 Å². The molecule has 0 aliphatic heterocycles. The predicted octanol–water partition coefficient (Wildman–Crippen LogP) is 2.72. The van der Waals surface area contributed by atoms with Crippen molar-refractivity contribution in [3.63, 3.8) is 0 Å². The van der Waals surface area contributed by atoms with Crippen LogP contribution in [0.4, 0.5) is 13.2 Å². The maximum Gasteiger partial charge on any atom is 0.420 e. The molecule has 0 amide bonds. The molecule has 0 atom stereocenters. The van der Waals surface area contributed by atoms with Crippen molar-refractivity contribution < 1.29 is 27.8 Å². The Bertz CT molecular complexity index is 424. The molecule has 0 aliphatic rings. The van der Waals surface area contributed by atoms with E-state index in [1.807, 2.05) is 0 Å². The van der Waals surface area contributed by atoms with Crippen molar-refractivity contribution in [3.05, 3.63) is 28.8 Å². The number of rotatable bonds is 2. The van der Waals surface area contributed by atoms with Gasteiger partial charge in [0.25, 0.3) is 0 Å². The Morgan fingerprint density at radius 2 is 1.94 bits per heavy atom. The molecule has 0 saturated heterocycles. The third kappa shape index (κ3) is 2.10. The van der Waals surface area contributed by atoms with Crippen molar-refractivity contribution in [2.75, 3.05) is 7.11 Å². The van der Waals surface area contributed by atoms with E-state index in [1.165, 1.54) is 0 Å². The van der Waals surface area contributed by atoms with E-state index in [0.717, 1.165) is 26.2 Å². The first-order valence-corrected chi connectivity index (χ1v) is 4.27. The number of carboxylic acids is 1. The first-order chi connectivity index (χ1) is 7.29. The Kier molecular flexibility index (Phi) is 3.11. The van der Waals surface area contributed by atoms with E-state index >= 15 is 0 Å². The number of aromatic carboxylic acids is 1. The molecule has 0 aromatic heterocycles. The van der Waals surface area contributed by atoms with E-state index in [2.05, 4.69) is 4.74 Å². The number of halogens is 3. The van der Waals surface area contributed by atoms with Crippen molar-refractivity contribution >= 4 is 5.97 Å². The summed E-state index contributed by atoms with van der Waals surface area (Å²) in [6.07, 6.45) is -4.64. The van der Waals surface area contributed by atoms with Gasteiger partial charge in [0.05, 0.1) is 12.7 Å². The molecule has 3 nitrogen and oxygen atoms in total. The molecule has 0 spiro atoms. The van der Waals surface area contributed by atoms with Crippen LogP contribution < -0.4 is 4.74 Å². The second-order valence-corrected chi connectivity index (χ2v) is 3.12. The highest BCUT2D eigenvalue weighted by Crippen LogP contribution is 2.39. The van der Waals surface area contributed by atoms with Gasteiger partial charge in [-0.3, -0.25) is 0 Å². The van der Waals surface area contributed by atoms with Gasteiger partial charge in [-0.05, 0) is 24.6 Å². The van der Waals surface area contributed by atoms with E-state index in [1.54, 1.807) is 0 Å². The molecule has 1 aromatic carbocycles. The molecule has 0 radical (unpaired) electrons. The fourth-order valence-electron chi connectivity index (χ4n) is 1.44. The van der Waals surface area contributed by atoms with Crippen molar-refractivity contribution in [1.29, 1.82) is 0 Å². The van der Waals surface area contributed by atoms with E-state index in [0.29, 0.717) is 0 Å². The summed E-state index contributed by atoms with van der Waals surface area (Å²) in [7, 11) is 1.10. The van der Waals surface area contributed by atoms with E-state index in [4.69, 9.17) is 5.11 Å². The summed E-state index contributed by atoms with van der Waals surface area (Å²) in [6, 6.07) is 2.09. The number of hydrogen-bond acceptors (Lipinski definition) is 2. The number of ether oxygens (including phenoxy) is 1. The molecule has 0 aliphatic carbocycles. The highest BCUT2D eigenvalue weighted by molar-refractivity contribution is 5.90. The minimum absolute atomic E-state index is 0.348. The third-order valence-corrected chi connectivity index (χ3v) is 2.16. The zero-order chi connectivity index (χ0) is 12.5. The molecule has 0 fully saturated rings. The summed E-state index contributed by atoms with van der Waals surface area (Å²) in [5.41, 5.74) is -1.78. The topological polar surface area (TPSA) is 46.5 Å². The summed E-state index contributed by atoms with van der Waals surface area (Å²) in [6.45, 7) is 1.11. The van der Waals surface area contributed by atoms with Crippen molar-refractivity contribution in [3.8, 4) is 5.75 Å².